The van der Waals surface area contributed by atoms with Gasteiger partial charge in [0.15, 0.2) is 0 Å². The molecule has 0 saturated carbocycles. The van der Waals surface area contributed by atoms with E-state index in [-0.39, 0.29) is 5.91 Å². The van der Waals surface area contributed by atoms with Crippen LogP contribution in [0.15, 0.2) is 91.4 Å². The fraction of sp³-hybridized carbons (Fsp3) is 0.0800. The quantitative estimate of drug-likeness (QED) is 0.467. The molecule has 0 aliphatic carbocycles. The van der Waals surface area contributed by atoms with Crippen LogP contribution in [-0.4, -0.2) is 20.4 Å². The fourth-order valence-electron chi connectivity index (χ4n) is 3.78. The van der Waals surface area contributed by atoms with Gasteiger partial charge in [-0.3, -0.25) is 14.8 Å². The molecular weight excluding hydrogens is 372 g/mol. The van der Waals surface area contributed by atoms with Gasteiger partial charge in [-0.2, -0.15) is 0 Å². The van der Waals surface area contributed by atoms with Gasteiger partial charge in [0.2, 0.25) is 5.91 Å². The number of carbonyl (C=O) groups is 1. The average molecular weight is 392 g/mol. The van der Waals surface area contributed by atoms with Crippen LogP contribution in [-0.2, 0) is 17.8 Å². The Bertz CT molecular complexity index is 1340. The molecule has 146 valence electrons. The summed E-state index contributed by atoms with van der Waals surface area (Å²) < 4.78 is 2.17. The van der Waals surface area contributed by atoms with E-state index in [2.05, 4.69) is 51.4 Å². The predicted molar refractivity (Wildman–Crippen MR) is 119 cm³/mol. The van der Waals surface area contributed by atoms with E-state index in [4.69, 9.17) is 4.98 Å². The zero-order valence-electron chi connectivity index (χ0n) is 16.3. The molecule has 1 amide bonds. The van der Waals surface area contributed by atoms with E-state index in [1.54, 1.807) is 18.5 Å². The van der Waals surface area contributed by atoms with Crippen LogP contribution in [0.25, 0.3) is 21.8 Å². The molecule has 5 aromatic rings. The van der Waals surface area contributed by atoms with Crippen LogP contribution >= 0.6 is 0 Å². The fourth-order valence-corrected chi connectivity index (χ4v) is 3.78. The van der Waals surface area contributed by atoms with E-state index in [0.717, 1.165) is 33.1 Å². The van der Waals surface area contributed by atoms with Gasteiger partial charge in [-0.05, 0) is 35.9 Å². The molecule has 5 rings (SSSR count). The number of amides is 1. The highest BCUT2D eigenvalue weighted by Crippen LogP contribution is 2.23. The van der Waals surface area contributed by atoms with Gasteiger partial charge in [-0.15, -0.1) is 0 Å². The van der Waals surface area contributed by atoms with Crippen molar-refractivity contribution in [3.8, 4) is 0 Å². The Morgan fingerprint density at radius 2 is 1.80 bits per heavy atom. The number of hydrogen-bond acceptors (Lipinski definition) is 3. The zero-order chi connectivity index (χ0) is 20.3. The molecule has 0 unspecified atom stereocenters. The summed E-state index contributed by atoms with van der Waals surface area (Å²) in [5.41, 5.74) is 4.76. The summed E-state index contributed by atoms with van der Waals surface area (Å²) in [6.45, 7) is 0.648. The monoisotopic (exact) mass is 392 g/mol. The minimum absolute atomic E-state index is 0.0604. The van der Waals surface area contributed by atoms with Crippen LogP contribution < -0.4 is 5.32 Å². The van der Waals surface area contributed by atoms with Gasteiger partial charge in [0, 0.05) is 28.7 Å². The van der Waals surface area contributed by atoms with E-state index >= 15 is 0 Å². The molecule has 1 N–H and O–H groups in total. The summed E-state index contributed by atoms with van der Waals surface area (Å²) in [5.74, 6) is -0.0604. The van der Waals surface area contributed by atoms with E-state index < -0.39 is 0 Å². The lowest BCUT2D eigenvalue weighted by molar-refractivity contribution is -0.115. The Labute approximate surface area is 174 Å². The summed E-state index contributed by atoms with van der Waals surface area (Å²) in [4.78, 5) is 21.4. The van der Waals surface area contributed by atoms with Gasteiger partial charge in [0.25, 0.3) is 0 Å². The number of carbonyl (C=O) groups excluding carboxylic acids is 1. The van der Waals surface area contributed by atoms with Crippen LogP contribution in [0.4, 0.5) is 5.69 Å². The van der Waals surface area contributed by atoms with Crippen molar-refractivity contribution in [3.63, 3.8) is 0 Å². The first-order valence-electron chi connectivity index (χ1n) is 9.87. The number of pyridine rings is 2. The predicted octanol–water partition coefficient (Wildman–Crippen LogP) is 4.81. The molecule has 0 fully saturated rings. The van der Waals surface area contributed by atoms with Crippen LogP contribution in [0.1, 0.15) is 11.3 Å². The van der Waals surface area contributed by atoms with Crippen molar-refractivity contribution in [2.45, 2.75) is 13.0 Å². The van der Waals surface area contributed by atoms with Crippen LogP contribution in [0.2, 0.25) is 0 Å². The molecule has 3 aromatic heterocycles. The standard InChI is InChI=1S/C25H20N4O/c30-25(28-20-7-5-13-26-15-20)14-19-16-29(24-10-4-2-8-22(19)24)17-21-12-11-18-6-1-3-9-23(18)27-21/h1-13,15-16H,14,17H2,(H,28,30). The van der Waals surface area contributed by atoms with Gasteiger partial charge < -0.3 is 9.88 Å². The number of fused-ring (bicyclic) bond motifs is 2. The van der Waals surface area contributed by atoms with Gasteiger partial charge in [0.05, 0.1) is 36.1 Å². The van der Waals surface area contributed by atoms with Crippen molar-refractivity contribution in [3.05, 3.63) is 103 Å². The Morgan fingerprint density at radius 3 is 2.70 bits per heavy atom. The van der Waals surface area contributed by atoms with Crippen molar-refractivity contribution in [2.75, 3.05) is 5.32 Å². The highest BCUT2D eigenvalue weighted by atomic mass is 16.1. The third-order valence-electron chi connectivity index (χ3n) is 5.16. The first kappa shape index (κ1) is 18.1. The van der Waals surface area contributed by atoms with E-state index in [9.17, 15) is 4.79 Å². The molecule has 0 saturated heterocycles. The molecule has 30 heavy (non-hydrogen) atoms. The molecule has 0 spiro atoms. The number of nitrogens with one attached hydrogen (secondary N) is 1. The molecule has 0 aliphatic rings. The van der Waals surface area contributed by atoms with Gasteiger partial charge in [-0.25, -0.2) is 0 Å². The van der Waals surface area contributed by atoms with E-state index in [1.807, 2.05) is 36.4 Å². The Kier molecular flexibility index (Phi) is 4.69. The number of benzene rings is 2. The van der Waals surface area contributed by atoms with Crippen molar-refractivity contribution in [1.29, 1.82) is 0 Å². The number of aromatic nitrogens is 3. The molecule has 5 heteroatoms. The van der Waals surface area contributed by atoms with Crippen molar-refractivity contribution >= 4 is 33.4 Å². The zero-order valence-corrected chi connectivity index (χ0v) is 16.3. The third kappa shape index (κ3) is 3.65. The Hall–Kier alpha value is -3.99. The lowest BCUT2D eigenvalue weighted by Crippen LogP contribution is -2.14. The Morgan fingerprint density at radius 1 is 0.933 bits per heavy atom. The average Bonchev–Trinajstić information content (AvgIpc) is 3.11. The van der Waals surface area contributed by atoms with Crippen molar-refractivity contribution in [1.82, 2.24) is 14.5 Å². The molecule has 5 nitrogen and oxygen atoms in total. The van der Waals surface area contributed by atoms with Gasteiger partial charge in [-0.1, -0.05) is 42.5 Å². The van der Waals surface area contributed by atoms with Crippen LogP contribution in [0.3, 0.4) is 0 Å². The molecule has 0 atom stereocenters. The van der Waals surface area contributed by atoms with Gasteiger partial charge in [0.1, 0.15) is 0 Å². The first-order chi connectivity index (χ1) is 14.8. The third-order valence-corrected chi connectivity index (χ3v) is 5.16. The van der Waals surface area contributed by atoms with E-state index in [0.29, 0.717) is 18.7 Å². The van der Waals surface area contributed by atoms with Gasteiger partial charge >= 0.3 is 0 Å². The molecule has 2 aromatic carbocycles. The largest absolute Gasteiger partial charge is 0.341 e. The minimum Gasteiger partial charge on any atom is -0.341 e. The SMILES string of the molecule is O=C(Cc1cn(Cc2ccc3ccccc3n2)c2ccccc12)Nc1cccnc1. The lowest BCUT2D eigenvalue weighted by Gasteiger charge is -2.06. The first-order valence-corrected chi connectivity index (χ1v) is 9.87. The summed E-state index contributed by atoms with van der Waals surface area (Å²) in [7, 11) is 0. The number of rotatable bonds is 5. The number of hydrogen-bond donors (Lipinski definition) is 1. The lowest BCUT2D eigenvalue weighted by atomic mass is 10.1. The normalized spacial score (nSPS) is 11.1. The maximum Gasteiger partial charge on any atom is 0.228 e. The summed E-state index contributed by atoms with van der Waals surface area (Å²) >= 11 is 0. The number of para-hydroxylation sites is 2. The second kappa shape index (κ2) is 7.79. The van der Waals surface area contributed by atoms with Crippen LogP contribution in [0, 0.1) is 0 Å². The number of anilines is 1. The maximum absolute atomic E-state index is 12.6. The Balaban J connectivity index is 1.43. The van der Waals surface area contributed by atoms with E-state index in [1.165, 1.54) is 0 Å². The summed E-state index contributed by atoms with van der Waals surface area (Å²) in [5, 5.41) is 5.13. The highest BCUT2D eigenvalue weighted by molar-refractivity contribution is 5.95. The van der Waals surface area contributed by atoms with Crippen molar-refractivity contribution in [2.24, 2.45) is 0 Å². The smallest absolute Gasteiger partial charge is 0.228 e. The molecular formula is C25H20N4O. The second-order valence-corrected chi connectivity index (χ2v) is 7.26. The second-order valence-electron chi connectivity index (χ2n) is 7.26. The highest BCUT2D eigenvalue weighted by Gasteiger charge is 2.13. The summed E-state index contributed by atoms with van der Waals surface area (Å²) in [6.07, 6.45) is 5.69. The topological polar surface area (TPSA) is 59.8 Å². The molecule has 0 aliphatic heterocycles. The molecule has 0 bridgehead atoms. The maximum atomic E-state index is 12.6. The minimum atomic E-state index is -0.0604. The molecule has 0 radical (unpaired) electrons. The molecule has 3 heterocycles. The number of nitrogens with zero attached hydrogens (tertiary/aromatic N) is 3. The van der Waals surface area contributed by atoms with Crippen LogP contribution in [0.5, 0.6) is 0 Å². The van der Waals surface area contributed by atoms with Crippen molar-refractivity contribution < 1.29 is 4.79 Å². The summed E-state index contributed by atoms with van der Waals surface area (Å²) in [6, 6.07) is 24.1.